The second-order valence-corrected chi connectivity index (χ2v) is 4.48. The molecule has 0 spiro atoms. The molecule has 0 atom stereocenters. The smallest absolute Gasteiger partial charge is 0.332 e. The fraction of sp³-hybridized carbons (Fsp3) is 0. The van der Waals surface area contributed by atoms with Crippen LogP contribution >= 0.6 is 0 Å². The van der Waals surface area contributed by atoms with Crippen molar-refractivity contribution in [1.29, 1.82) is 0 Å². The van der Waals surface area contributed by atoms with E-state index in [-0.39, 0.29) is 11.4 Å². The molecule has 17 heavy (non-hydrogen) atoms. The number of aromatic nitrogens is 3. The van der Waals surface area contributed by atoms with Crippen molar-refractivity contribution < 1.29 is 17.4 Å². The van der Waals surface area contributed by atoms with Crippen LogP contribution in [0.15, 0.2) is 29.4 Å². The maximum absolute atomic E-state index is 13.0. The van der Waals surface area contributed by atoms with Gasteiger partial charge in [0.2, 0.25) is 0 Å². The van der Waals surface area contributed by atoms with E-state index in [0.29, 0.717) is 4.68 Å². The Kier molecular flexibility index (Phi) is 2.56. The molecular formula is C8H7FN4O3S. The summed E-state index contributed by atoms with van der Waals surface area (Å²) < 4.78 is 44.0. The van der Waals surface area contributed by atoms with Crippen LogP contribution in [0.2, 0.25) is 0 Å². The average Bonchev–Trinajstić information content (AvgIpc) is 2.59. The van der Waals surface area contributed by atoms with Gasteiger partial charge < -0.3 is 5.84 Å². The molecule has 0 saturated carbocycles. The van der Waals surface area contributed by atoms with E-state index < -0.39 is 21.1 Å². The number of hydrogen-bond acceptors (Lipinski definition) is 5. The standard InChI is InChI=1S/C8H7FN4O3S/c9-6-3-1-2-5(4-6)7-11-12-8(13(7)10)17(14,15)16/h1-4H,10H2,(H,14,15,16). The van der Waals surface area contributed by atoms with Crippen molar-refractivity contribution in [3.05, 3.63) is 30.1 Å². The number of halogens is 1. The molecule has 90 valence electrons. The van der Waals surface area contributed by atoms with E-state index in [4.69, 9.17) is 10.4 Å². The van der Waals surface area contributed by atoms with E-state index >= 15 is 0 Å². The second-order valence-electron chi connectivity index (χ2n) is 3.16. The maximum Gasteiger partial charge on any atom is 0.332 e. The van der Waals surface area contributed by atoms with Gasteiger partial charge in [0.25, 0.3) is 5.16 Å². The van der Waals surface area contributed by atoms with Gasteiger partial charge in [-0.25, -0.2) is 9.07 Å². The lowest BCUT2D eigenvalue weighted by atomic mass is 10.2. The van der Waals surface area contributed by atoms with Crippen LogP contribution in [0, 0.1) is 5.82 Å². The van der Waals surface area contributed by atoms with Crippen LogP contribution in [0.25, 0.3) is 11.4 Å². The third-order valence-corrected chi connectivity index (χ3v) is 2.72. The van der Waals surface area contributed by atoms with Gasteiger partial charge in [0, 0.05) is 5.56 Å². The number of nitrogens with two attached hydrogens (primary N) is 1. The Hall–Kier alpha value is -2.00. The lowest BCUT2D eigenvalue weighted by molar-refractivity contribution is 0.470. The zero-order valence-electron chi connectivity index (χ0n) is 8.28. The highest BCUT2D eigenvalue weighted by molar-refractivity contribution is 7.85. The van der Waals surface area contributed by atoms with Gasteiger partial charge in [-0.15, -0.1) is 10.2 Å². The molecule has 1 aromatic heterocycles. The van der Waals surface area contributed by atoms with Crippen molar-refractivity contribution in [2.24, 2.45) is 0 Å². The molecule has 1 aromatic carbocycles. The Labute approximate surface area is 95.4 Å². The molecule has 0 saturated heterocycles. The number of hydrogen-bond donors (Lipinski definition) is 2. The minimum Gasteiger partial charge on any atom is -0.335 e. The molecule has 0 aliphatic carbocycles. The van der Waals surface area contributed by atoms with Crippen molar-refractivity contribution in [3.8, 4) is 11.4 Å². The summed E-state index contributed by atoms with van der Waals surface area (Å²) in [6.45, 7) is 0. The fourth-order valence-electron chi connectivity index (χ4n) is 1.28. The molecule has 7 nitrogen and oxygen atoms in total. The van der Waals surface area contributed by atoms with Crippen LogP contribution in [-0.2, 0) is 10.1 Å². The molecule has 0 fully saturated rings. The maximum atomic E-state index is 13.0. The molecule has 2 rings (SSSR count). The van der Waals surface area contributed by atoms with Crippen molar-refractivity contribution in [3.63, 3.8) is 0 Å². The highest BCUT2D eigenvalue weighted by atomic mass is 32.2. The highest BCUT2D eigenvalue weighted by Gasteiger charge is 2.21. The predicted molar refractivity (Wildman–Crippen MR) is 55.4 cm³/mol. The zero-order valence-corrected chi connectivity index (χ0v) is 9.09. The van der Waals surface area contributed by atoms with E-state index in [1.807, 2.05) is 0 Å². The molecule has 0 aliphatic heterocycles. The van der Waals surface area contributed by atoms with Crippen LogP contribution in [0.1, 0.15) is 0 Å². The first-order chi connectivity index (χ1) is 7.89. The second kappa shape index (κ2) is 3.79. The SMILES string of the molecule is Nn1c(-c2cccc(F)c2)nnc1S(=O)(=O)O. The average molecular weight is 258 g/mol. The molecule has 0 amide bonds. The molecule has 3 N–H and O–H groups in total. The predicted octanol–water partition coefficient (Wildman–Crippen LogP) is 0.0447. The summed E-state index contributed by atoms with van der Waals surface area (Å²) in [6.07, 6.45) is 0. The number of nitrogens with zero attached hydrogens (tertiary/aromatic N) is 3. The minimum atomic E-state index is -4.56. The van der Waals surface area contributed by atoms with Crippen molar-refractivity contribution in [1.82, 2.24) is 14.9 Å². The summed E-state index contributed by atoms with van der Waals surface area (Å²) in [7, 11) is -4.56. The van der Waals surface area contributed by atoms with Gasteiger partial charge in [-0.3, -0.25) is 4.55 Å². The van der Waals surface area contributed by atoms with E-state index in [9.17, 15) is 12.8 Å². The Balaban J connectivity index is 2.60. The van der Waals surface area contributed by atoms with E-state index in [1.165, 1.54) is 18.2 Å². The van der Waals surface area contributed by atoms with Crippen LogP contribution in [0.3, 0.4) is 0 Å². The number of nitrogen functional groups attached to an aromatic ring is 1. The number of benzene rings is 1. The van der Waals surface area contributed by atoms with Crippen molar-refractivity contribution in [2.45, 2.75) is 5.16 Å². The lowest BCUT2D eigenvalue weighted by Gasteiger charge is -2.01. The summed E-state index contributed by atoms with van der Waals surface area (Å²) in [6, 6.07) is 5.21. The largest absolute Gasteiger partial charge is 0.335 e. The summed E-state index contributed by atoms with van der Waals surface area (Å²) in [5.74, 6) is 4.80. The Morgan fingerprint density at radius 3 is 2.59 bits per heavy atom. The normalized spacial score (nSPS) is 11.6. The lowest BCUT2D eigenvalue weighted by Crippen LogP contribution is -2.17. The number of rotatable bonds is 2. The van der Waals surface area contributed by atoms with Gasteiger partial charge in [0.15, 0.2) is 5.82 Å². The zero-order chi connectivity index (χ0) is 12.6. The summed E-state index contributed by atoms with van der Waals surface area (Å²) in [5, 5.41) is 5.89. The Bertz CT molecular complexity index is 667. The molecule has 0 aliphatic rings. The third-order valence-electron chi connectivity index (χ3n) is 1.98. The first kappa shape index (κ1) is 11.5. The topological polar surface area (TPSA) is 111 Å². The monoisotopic (exact) mass is 258 g/mol. The molecule has 2 aromatic rings. The van der Waals surface area contributed by atoms with Gasteiger partial charge in [-0.05, 0) is 12.1 Å². The molecule has 1 heterocycles. The van der Waals surface area contributed by atoms with Crippen LogP contribution in [0.4, 0.5) is 4.39 Å². The van der Waals surface area contributed by atoms with Gasteiger partial charge in [-0.2, -0.15) is 8.42 Å². The quantitative estimate of drug-likeness (QED) is 0.581. The Morgan fingerprint density at radius 2 is 2.06 bits per heavy atom. The molecular weight excluding hydrogens is 251 g/mol. The van der Waals surface area contributed by atoms with Gasteiger partial charge in [-0.1, -0.05) is 12.1 Å². The van der Waals surface area contributed by atoms with Crippen LogP contribution < -0.4 is 5.84 Å². The highest BCUT2D eigenvalue weighted by Crippen LogP contribution is 2.18. The molecule has 0 radical (unpaired) electrons. The summed E-state index contributed by atoms with van der Waals surface area (Å²) in [4.78, 5) is 0. The van der Waals surface area contributed by atoms with Crippen molar-refractivity contribution in [2.75, 3.05) is 5.84 Å². The van der Waals surface area contributed by atoms with Crippen LogP contribution in [0.5, 0.6) is 0 Å². The van der Waals surface area contributed by atoms with E-state index in [0.717, 1.165) is 6.07 Å². The fourth-order valence-corrected chi connectivity index (χ4v) is 1.76. The van der Waals surface area contributed by atoms with Crippen LogP contribution in [-0.4, -0.2) is 27.8 Å². The molecule has 0 unspecified atom stereocenters. The van der Waals surface area contributed by atoms with E-state index in [1.54, 1.807) is 0 Å². The van der Waals surface area contributed by atoms with Gasteiger partial charge in [0.05, 0.1) is 0 Å². The Morgan fingerprint density at radius 1 is 1.35 bits per heavy atom. The molecule has 9 heteroatoms. The van der Waals surface area contributed by atoms with Crippen molar-refractivity contribution >= 4 is 10.1 Å². The van der Waals surface area contributed by atoms with Gasteiger partial charge >= 0.3 is 10.1 Å². The summed E-state index contributed by atoms with van der Waals surface area (Å²) in [5.41, 5.74) is 0.245. The third kappa shape index (κ3) is 2.10. The van der Waals surface area contributed by atoms with Gasteiger partial charge in [0.1, 0.15) is 5.82 Å². The summed E-state index contributed by atoms with van der Waals surface area (Å²) >= 11 is 0. The first-order valence-corrected chi connectivity index (χ1v) is 5.77. The van der Waals surface area contributed by atoms with E-state index in [2.05, 4.69) is 10.2 Å². The minimum absolute atomic E-state index is 0.0721. The molecule has 0 bridgehead atoms. The first-order valence-electron chi connectivity index (χ1n) is 4.33.